The maximum absolute atomic E-state index is 9.01. The lowest BCUT2D eigenvalue weighted by molar-refractivity contribution is 0.162. The molecule has 2 aromatic rings. The van der Waals surface area contributed by atoms with Gasteiger partial charge in [0.25, 0.3) is 0 Å². The van der Waals surface area contributed by atoms with Gasteiger partial charge in [0.15, 0.2) is 0 Å². The van der Waals surface area contributed by atoms with Crippen molar-refractivity contribution in [1.82, 2.24) is 9.88 Å². The smallest absolute Gasteiger partial charge is 0.220 e. The SMILES string of the molecule is CS.OCc1ncc(CN2CCC3(C=Cc4ccccc43)CC2)o1. The van der Waals surface area contributed by atoms with Crippen molar-refractivity contribution in [2.45, 2.75) is 31.4 Å². The predicted octanol–water partition coefficient (Wildman–Crippen LogP) is 3.27. The monoisotopic (exact) mass is 344 g/mol. The number of benzene rings is 1. The number of hydrogen-bond acceptors (Lipinski definition) is 5. The van der Waals surface area contributed by atoms with Gasteiger partial charge in [0.2, 0.25) is 5.89 Å². The molecule has 1 aromatic carbocycles. The molecule has 1 aliphatic heterocycles. The Balaban J connectivity index is 0.000000815. The fourth-order valence-corrected chi connectivity index (χ4v) is 3.70. The molecule has 4 nitrogen and oxygen atoms in total. The van der Waals surface area contributed by atoms with Crippen LogP contribution in [0.4, 0.5) is 0 Å². The third kappa shape index (κ3) is 3.29. The van der Waals surface area contributed by atoms with Crippen LogP contribution in [0, 0.1) is 0 Å². The predicted molar refractivity (Wildman–Crippen MR) is 99.0 cm³/mol. The van der Waals surface area contributed by atoms with Crippen LogP contribution >= 0.6 is 12.6 Å². The van der Waals surface area contributed by atoms with Crippen molar-refractivity contribution in [1.29, 1.82) is 0 Å². The first-order valence-electron chi connectivity index (χ1n) is 8.29. The highest BCUT2D eigenvalue weighted by Crippen LogP contribution is 2.43. The lowest BCUT2D eigenvalue weighted by Gasteiger charge is -2.39. The lowest BCUT2D eigenvalue weighted by atomic mass is 9.74. The Morgan fingerprint density at radius 1 is 1.25 bits per heavy atom. The summed E-state index contributed by atoms with van der Waals surface area (Å²) in [5, 5.41) is 9.01. The Bertz CT molecular complexity index is 703. The molecule has 0 atom stereocenters. The first-order valence-corrected chi connectivity index (χ1v) is 9.19. The number of nitrogens with zero attached hydrogens (tertiary/aromatic N) is 2. The third-order valence-electron chi connectivity index (χ3n) is 4.94. The number of rotatable bonds is 3. The second kappa shape index (κ2) is 7.55. The number of hydrogen-bond donors (Lipinski definition) is 2. The van der Waals surface area contributed by atoms with Crippen LogP contribution in [0.3, 0.4) is 0 Å². The lowest BCUT2D eigenvalue weighted by Crippen LogP contribution is -2.40. The average molecular weight is 344 g/mol. The Labute approximate surface area is 148 Å². The standard InChI is InChI=1S/C18H20N2O2.CH4S/c21-13-17-19-11-15(22-17)12-20-9-7-18(8-10-20)6-5-14-3-1-2-4-16(14)18;1-2/h1-6,11,21H,7-10,12-13H2;2H,1H3. The quantitative estimate of drug-likeness (QED) is 0.839. The molecule has 5 heteroatoms. The van der Waals surface area contributed by atoms with Gasteiger partial charge < -0.3 is 9.52 Å². The highest BCUT2D eigenvalue weighted by Gasteiger charge is 2.37. The van der Waals surface area contributed by atoms with Gasteiger partial charge in [-0.05, 0) is 43.3 Å². The zero-order valence-corrected chi connectivity index (χ0v) is 14.9. The molecule has 0 amide bonds. The molecule has 1 aliphatic carbocycles. The number of allylic oxidation sites excluding steroid dienone is 1. The van der Waals surface area contributed by atoms with E-state index in [1.54, 1.807) is 12.5 Å². The van der Waals surface area contributed by atoms with Gasteiger partial charge >= 0.3 is 0 Å². The van der Waals surface area contributed by atoms with Crippen molar-refractivity contribution in [2.24, 2.45) is 0 Å². The van der Waals surface area contributed by atoms with Gasteiger partial charge in [-0.1, -0.05) is 36.4 Å². The fraction of sp³-hybridized carbons (Fsp3) is 0.421. The van der Waals surface area contributed by atoms with Gasteiger partial charge in [-0.25, -0.2) is 4.98 Å². The zero-order chi connectivity index (χ0) is 17.0. The molecule has 0 unspecified atom stereocenters. The van der Waals surface area contributed by atoms with Crippen LogP contribution in [-0.2, 0) is 18.6 Å². The van der Waals surface area contributed by atoms with E-state index in [9.17, 15) is 0 Å². The molecular weight excluding hydrogens is 320 g/mol. The number of likely N-dealkylation sites (tertiary alicyclic amines) is 1. The molecule has 1 fully saturated rings. The summed E-state index contributed by atoms with van der Waals surface area (Å²) in [7, 11) is 0. The minimum Gasteiger partial charge on any atom is -0.442 e. The average Bonchev–Trinajstić information content (AvgIpc) is 3.24. The fourth-order valence-electron chi connectivity index (χ4n) is 3.70. The first kappa shape index (κ1) is 17.3. The molecule has 128 valence electrons. The maximum atomic E-state index is 9.01. The van der Waals surface area contributed by atoms with E-state index in [1.807, 2.05) is 0 Å². The number of oxazole rings is 1. The number of piperidine rings is 1. The van der Waals surface area contributed by atoms with Crippen molar-refractivity contribution in [2.75, 3.05) is 19.3 Å². The number of thiol groups is 1. The molecule has 2 heterocycles. The second-order valence-corrected chi connectivity index (χ2v) is 6.23. The molecular formula is C19H24N2O2S. The summed E-state index contributed by atoms with van der Waals surface area (Å²) in [6.45, 7) is 2.74. The minimum absolute atomic E-state index is 0.134. The first-order chi connectivity index (χ1) is 11.8. The van der Waals surface area contributed by atoms with Crippen LogP contribution in [-0.4, -0.2) is 34.3 Å². The summed E-state index contributed by atoms with van der Waals surface area (Å²) < 4.78 is 5.49. The van der Waals surface area contributed by atoms with Crippen LogP contribution in [0.15, 0.2) is 41.0 Å². The van der Waals surface area contributed by atoms with Crippen molar-refractivity contribution < 1.29 is 9.52 Å². The van der Waals surface area contributed by atoms with Gasteiger partial charge in [0, 0.05) is 5.41 Å². The van der Waals surface area contributed by atoms with E-state index in [0.29, 0.717) is 5.89 Å². The molecule has 1 saturated heterocycles. The highest BCUT2D eigenvalue weighted by atomic mass is 32.1. The van der Waals surface area contributed by atoms with Gasteiger partial charge in [-0.3, -0.25) is 4.90 Å². The van der Waals surface area contributed by atoms with E-state index in [4.69, 9.17) is 9.52 Å². The molecule has 0 saturated carbocycles. The number of aromatic nitrogens is 1. The van der Waals surface area contributed by atoms with Crippen LogP contribution in [0.2, 0.25) is 0 Å². The summed E-state index contributed by atoms with van der Waals surface area (Å²) in [5.74, 6) is 1.23. The molecule has 0 bridgehead atoms. The summed E-state index contributed by atoms with van der Waals surface area (Å²) >= 11 is 3.53. The van der Waals surface area contributed by atoms with Crippen LogP contribution < -0.4 is 0 Å². The summed E-state index contributed by atoms with van der Waals surface area (Å²) in [6, 6.07) is 8.73. The van der Waals surface area contributed by atoms with Crippen molar-refractivity contribution in [3.8, 4) is 0 Å². The van der Waals surface area contributed by atoms with E-state index in [-0.39, 0.29) is 12.0 Å². The summed E-state index contributed by atoms with van der Waals surface area (Å²) in [6.07, 6.45) is 10.4. The molecule has 2 aliphatic rings. The molecule has 4 rings (SSSR count). The minimum atomic E-state index is -0.134. The zero-order valence-electron chi connectivity index (χ0n) is 14.0. The molecule has 1 aromatic heterocycles. The Kier molecular flexibility index (Phi) is 5.43. The summed E-state index contributed by atoms with van der Waals surface area (Å²) in [5.41, 5.74) is 3.08. The van der Waals surface area contributed by atoms with Gasteiger partial charge in [-0.15, -0.1) is 0 Å². The van der Waals surface area contributed by atoms with Gasteiger partial charge in [0.1, 0.15) is 12.4 Å². The summed E-state index contributed by atoms with van der Waals surface area (Å²) in [4.78, 5) is 6.45. The number of fused-ring (bicyclic) bond motifs is 2. The Morgan fingerprint density at radius 2 is 2.00 bits per heavy atom. The largest absolute Gasteiger partial charge is 0.442 e. The molecule has 0 radical (unpaired) electrons. The van der Waals surface area contributed by atoms with Crippen molar-refractivity contribution in [3.63, 3.8) is 0 Å². The van der Waals surface area contributed by atoms with E-state index >= 15 is 0 Å². The second-order valence-electron chi connectivity index (χ2n) is 6.23. The van der Waals surface area contributed by atoms with Crippen LogP contribution in [0.1, 0.15) is 35.6 Å². The topological polar surface area (TPSA) is 49.5 Å². The van der Waals surface area contributed by atoms with Gasteiger partial charge in [-0.2, -0.15) is 12.6 Å². The van der Waals surface area contributed by atoms with E-state index in [2.05, 4.69) is 58.9 Å². The van der Waals surface area contributed by atoms with Gasteiger partial charge in [0.05, 0.1) is 12.7 Å². The van der Waals surface area contributed by atoms with E-state index in [0.717, 1.165) is 38.2 Å². The van der Waals surface area contributed by atoms with E-state index < -0.39 is 0 Å². The molecule has 1 N–H and O–H groups in total. The van der Waals surface area contributed by atoms with E-state index in [1.165, 1.54) is 11.1 Å². The Hall–Kier alpha value is -1.56. The highest BCUT2D eigenvalue weighted by molar-refractivity contribution is 7.79. The van der Waals surface area contributed by atoms with Crippen molar-refractivity contribution >= 4 is 18.7 Å². The van der Waals surface area contributed by atoms with Crippen LogP contribution in [0.5, 0.6) is 0 Å². The van der Waals surface area contributed by atoms with Crippen molar-refractivity contribution in [3.05, 3.63) is 59.3 Å². The molecule has 24 heavy (non-hydrogen) atoms. The molecule has 1 spiro atoms. The number of aliphatic hydroxyl groups excluding tert-OH is 1. The number of aliphatic hydroxyl groups is 1. The normalized spacial score (nSPS) is 18.3. The maximum Gasteiger partial charge on any atom is 0.220 e. The third-order valence-corrected chi connectivity index (χ3v) is 4.94. The van der Waals surface area contributed by atoms with Crippen LogP contribution in [0.25, 0.3) is 6.08 Å². The Morgan fingerprint density at radius 3 is 2.71 bits per heavy atom.